The molecule has 0 amide bonds. The van der Waals surface area contributed by atoms with Gasteiger partial charge in [-0.1, -0.05) is 13.3 Å². The SMILES string of the molecule is CCCc1sc2c(c1CC(=O)O)c(=O)n(C)c(=O)n2C. The second-order valence-electron chi connectivity index (χ2n) is 4.71. The van der Waals surface area contributed by atoms with Crippen LogP contribution in [0.25, 0.3) is 10.2 Å². The number of aliphatic carboxylic acids is 1. The zero-order valence-corrected chi connectivity index (χ0v) is 12.4. The van der Waals surface area contributed by atoms with Crippen molar-refractivity contribution in [1.82, 2.24) is 9.13 Å². The molecule has 0 fully saturated rings. The summed E-state index contributed by atoms with van der Waals surface area (Å²) in [6, 6.07) is 0. The minimum Gasteiger partial charge on any atom is -0.481 e. The van der Waals surface area contributed by atoms with Crippen LogP contribution in [0, 0.1) is 0 Å². The van der Waals surface area contributed by atoms with E-state index in [1.165, 1.54) is 23.0 Å². The van der Waals surface area contributed by atoms with Gasteiger partial charge in [-0.25, -0.2) is 4.79 Å². The van der Waals surface area contributed by atoms with Crippen molar-refractivity contribution in [1.29, 1.82) is 0 Å². The number of fused-ring (bicyclic) bond motifs is 1. The highest BCUT2D eigenvalue weighted by molar-refractivity contribution is 7.18. The number of carboxylic acids is 1. The Morgan fingerprint density at radius 1 is 1.25 bits per heavy atom. The van der Waals surface area contributed by atoms with Crippen molar-refractivity contribution in [3.63, 3.8) is 0 Å². The van der Waals surface area contributed by atoms with Crippen LogP contribution in [0.4, 0.5) is 0 Å². The fourth-order valence-electron chi connectivity index (χ4n) is 2.29. The van der Waals surface area contributed by atoms with Gasteiger partial charge in [-0.2, -0.15) is 0 Å². The van der Waals surface area contributed by atoms with Crippen LogP contribution in [0.1, 0.15) is 23.8 Å². The molecule has 0 saturated carbocycles. The molecule has 0 spiro atoms. The third kappa shape index (κ3) is 2.18. The topological polar surface area (TPSA) is 81.3 Å². The zero-order chi connectivity index (χ0) is 15.0. The highest BCUT2D eigenvalue weighted by Gasteiger charge is 2.20. The predicted molar refractivity (Wildman–Crippen MR) is 77.6 cm³/mol. The molecule has 6 nitrogen and oxygen atoms in total. The summed E-state index contributed by atoms with van der Waals surface area (Å²) in [6.45, 7) is 1.99. The van der Waals surface area contributed by atoms with Gasteiger partial charge in [0.15, 0.2) is 0 Å². The van der Waals surface area contributed by atoms with E-state index in [0.717, 1.165) is 15.9 Å². The summed E-state index contributed by atoms with van der Waals surface area (Å²) in [5.74, 6) is -0.974. The molecule has 0 aliphatic carbocycles. The van der Waals surface area contributed by atoms with E-state index in [9.17, 15) is 14.4 Å². The number of hydrogen-bond acceptors (Lipinski definition) is 4. The fourth-order valence-corrected chi connectivity index (χ4v) is 3.65. The molecule has 0 aliphatic rings. The molecule has 108 valence electrons. The molecule has 0 bridgehead atoms. The maximum Gasteiger partial charge on any atom is 0.331 e. The Bertz CT molecular complexity index is 797. The summed E-state index contributed by atoms with van der Waals surface area (Å²) >= 11 is 1.34. The van der Waals surface area contributed by atoms with Crippen molar-refractivity contribution >= 4 is 27.5 Å². The second kappa shape index (κ2) is 5.24. The van der Waals surface area contributed by atoms with Gasteiger partial charge < -0.3 is 5.11 Å². The molecule has 0 aliphatic heterocycles. The van der Waals surface area contributed by atoms with Crippen LogP contribution >= 0.6 is 11.3 Å². The highest BCUT2D eigenvalue weighted by atomic mass is 32.1. The molecule has 0 unspecified atom stereocenters. The molecule has 2 heterocycles. The van der Waals surface area contributed by atoms with Gasteiger partial charge in [0, 0.05) is 19.0 Å². The average molecular weight is 296 g/mol. The van der Waals surface area contributed by atoms with E-state index < -0.39 is 17.2 Å². The molecule has 7 heteroatoms. The molecule has 0 radical (unpaired) electrons. The van der Waals surface area contributed by atoms with Crippen molar-refractivity contribution in [3.8, 4) is 0 Å². The molecule has 1 N–H and O–H groups in total. The lowest BCUT2D eigenvalue weighted by atomic mass is 10.1. The summed E-state index contributed by atoms with van der Waals surface area (Å²) in [4.78, 5) is 36.7. The molecule has 0 atom stereocenters. The first-order valence-corrected chi connectivity index (χ1v) is 7.12. The summed E-state index contributed by atoms with van der Waals surface area (Å²) in [6.07, 6.45) is 1.37. The van der Waals surface area contributed by atoms with E-state index in [2.05, 4.69) is 0 Å². The van der Waals surface area contributed by atoms with Gasteiger partial charge in [0.1, 0.15) is 4.83 Å². The lowest BCUT2D eigenvalue weighted by molar-refractivity contribution is -0.136. The van der Waals surface area contributed by atoms with E-state index in [1.807, 2.05) is 6.92 Å². The minimum atomic E-state index is -0.974. The van der Waals surface area contributed by atoms with E-state index in [4.69, 9.17) is 5.11 Å². The first kappa shape index (κ1) is 14.5. The highest BCUT2D eigenvalue weighted by Crippen LogP contribution is 2.29. The van der Waals surface area contributed by atoms with Gasteiger partial charge in [0.05, 0.1) is 11.8 Å². The number of hydrogen-bond donors (Lipinski definition) is 1. The molecule has 2 aromatic heterocycles. The predicted octanol–water partition coefficient (Wildman–Crippen LogP) is 0.878. The first-order chi connectivity index (χ1) is 9.38. The van der Waals surface area contributed by atoms with E-state index in [1.54, 1.807) is 7.05 Å². The third-order valence-corrected chi connectivity index (χ3v) is 4.64. The summed E-state index contributed by atoms with van der Waals surface area (Å²) in [5.41, 5.74) is -0.262. The summed E-state index contributed by atoms with van der Waals surface area (Å²) in [7, 11) is 3.01. The normalized spacial score (nSPS) is 11.2. The van der Waals surface area contributed by atoms with Crippen LogP contribution < -0.4 is 11.2 Å². The van der Waals surface area contributed by atoms with Crippen molar-refractivity contribution < 1.29 is 9.90 Å². The first-order valence-electron chi connectivity index (χ1n) is 6.30. The number of rotatable bonds is 4. The van der Waals surface area contributed by atoms with Crippen molar-refractivity contribution in [2.24, 2.45) is 14.1 Å². The minimum absolute atomic E-state index is 0.192. The molecule has 0 saturated heterocycles. The van der Waals surface area contributed by atoms with Gasteiger partial charge in [-0.3, -0.25) is 18.7 Å². The third-order valence-electron chi connectivity index (χ3n) is 3.27. The molecular weight excluding hydrogens is 280 g/mol. The number of carbonyl (C=O) groups is 1. The summed E-state index contributed by atoms with van der Waals surface area (Å²) < 4.78 is 2.43. The molecule has 0 aromatic carbocycles. The number of nitrogens with zero attached hydrogens (tertiary/aromatic N) is 2. The maximum atomic E-state index is 12.3. The quantitative estimate of drug-likeness (QED) is 0.908. The molecular formula is C13H16N2O4S. The Kier molecular flexibility index (Phi) is 3.80. The Labute approximate surface area is 118 Å². The van der Waals surface area contributed by atoms with Crippen molar-refractivity contribution in [2.75, 3.05) is 0 Å². The number of carboxylic acid groups (broad SMARTS) is 1. The van der Waals surface area contributed by atoms with Crippen LogP contribution in [-0.2, 0) is 31.7 Å². The lowest BCUT2D eigenvalue weighted by Gasteiger charge is -2.04. The van der Waals surface area contributed by atoms with Crippen LogP contribution in [0.2, 0.25) is 0 Å². The Hall–Kier alpha value is -1.89. The summed E-state index contributed by atoms with van der Waals surface area (Å²) in [5, 5.41) is 9.41. The molecule has 20 heavy (non-hydrogen) atoms. The fraction of sp³-hybridized carbons (Fsp3) is 0.462. The number of aromatic nitrogens is 2. The maximum absolute atomic E-state index is 12.3. The number of aryl methyl sites for hydroxylation is 2. The zero-order valence-electron chi connectivity index (χ0n) is 11.6. The van der Waals surface area contributed by atoms with Gasteiger partial charge in [-0.05, 0) is 12.0 Å². The standard InChI is InChI=1S/C13H16N2O4S/c1-4-5-8-7(6-9(16)17)10-11(18)14(2)13(19)15(3)12(10)20-8/h4-6H2,1-3H3,(H,16,17). The van der Waals surface area contributed by atoms with Crippen LogP contribution in [0.15, 0.2) is 9.59 Å². The van der Waals surface area contributed by atoms with E-state index in [-0.39, 0.29) is 6.42 Å². The van der Waals surface area contributed by atoms with Gasteiger partial charge in [0.25, 0.3) is 5.56 Å². The number of thiophene rings is 1. The van der Waals surface area contributed by atoms with E-state index in [0.29, 0.717) is 22.2 Å². The van der Waals surface area contributed by atoms with Crippen LogP contribution in [0.5, 0.6) is 0 Å². The van der Waals surface area contributed by atoms with Crippen LogP contribution in [-0.4, -0.2) is 20.2 Å². The van der Waals surface area contributed by atoms with Crippen LogP contribution in [0.3, 0.4) is 0 Å². The Morgan fingerprint density at radius 2 is 1.90 bits per heavy atom. The smallest absolute Gasteiger partial charge is 0.331 e. The monoisotopic (exact) mass is 296 g/mol. The van der Waals surface area contributed by atoms with E-state index >= 15 is 0 Å². The van der Waals surface area contributed by atoms with Gasteiger partial charge in [0.2, 0.25) is 0 Å². The second-order valence-corrected chi connectivity index (χ2v) is 5.79. The van der Waals surface area contributed by atoms with Gasteiger partial charge >= 0.3 is 11.7 Å². The largest absolute Gasteiger partial charge is 0.481 e. The average Bonchev–Trinajstić information content (AvgIpc) is 2.73. The lowest BCUT2D eigenvalue weighted by Crippen LogP contribution is -2.36. The molecule has 2 aromatic rings. The van der Waals surface area contributed by atoms with Crippen molar-refractivity contribution in [3.05, 3.63) is 31.3 Å². The Balaban J connectivity index is 2.93. The Morgan fingerprint density at radius 3 is 2.45 bits per heavy atom. The van der Waals surface area contributed by atoms with Crippen molar-refractivity contribution in [2.45, 2.75) is 26.2 Å². The van der Waals surface area contributed by atoms with Gasteiger partial charge in [-0.15, -0.1) is 11.3 Å². The molecule has 2 rings (SSSR count).